The second-order valence-corrected chi connectivity index (χ2v) is 9.93. The van der Waals surface area contributed by atoms with Crippen molar-refractivity contribution in [2.45, 2.75) is 54.8 Å². The number of hydrogen-bond acceptors (Lipinski definition) is 8. The summed E-state index contributed by atoms with van der Waals surface area (Å²) in [5, 5.41) is 9.54. The van der Waals surface area contributed by atoms with Crippen molar-refractivity contribution in [1.82, 2.24) is 0 Å². The number of halogens is 1. The molecule has 2 aliphatic rings. The third kappa shape index (κ3) is 4.55. The van der Waals surface area contributed by atoms with Gasteiger partial charge < -0.3 is 0 Å². The predicted molar refractivity (Wildman–Crippen MR) is 109 cm³/mol. The van der Waals surface area contributed by atoms with E-state index in [9.17, 15) is 9.90 Å². The summed E-state index contributed by atoms with van der Waals surface area (Å²) in [6.07, 6.45) is -3.11. The Morgan fingerprint density at radius 3 is 2.27 bits per heavy atom. The van der Waals surface area contributed by atoms with Gasteiger partial charge in [0.05, 0.1) is 0 Å². The fraction of sp³-hybridized carbons (Fsp3) is 0.650. The number of carbonyl (C=O) groups excluding carboxylic acids is 1. The molecule has 2 fully saturated rings. The third-order valence-corrected chi connectivity index (χ3v) is 8.11. The zero-order valence-corrected chi connectivity index (χ0v) is 19.7. The van der Waals surface area contributed by atoms with Gasteiger partial charge >= 0.3 is 187 Å². The molecule has 168 valence electrons. The molecule has 0 bridgehead atoms. The summed E-state index contributed by atoms with van der Waals surface area (Å²) in [5.41, 5.74) is 0. The van der Waals surface area contributed by atoms with Crippen molar-refractivity contribution in [3.05, 3.63) is 30.3 Å². The van der Waals surface area contributed by atoms with Gasteiger partial charge in [0.1, 0.15) is 0 Å². The molecule has 8 nitrogen and oxygen atoms in total. The normalized spacial score (nSPS) is 38.7. The van der Waals surface area contributed by atoms with Crippen LogP contribution < -0.4 is 4.46 Å². The van der Waals surface area contributed by atoms with Crippen LogP contribution in [0.15, 0.2) is 30.3 Å². The first-order valence-corrected chi connectivity index (χ1v) is 11.9. The van der Waals surface area contributed by atoms with Crippen LogP contribution in [0.2, 0.25) is 0 Å². The molecule has 0 aliphatic carbocycles. The number of hydrogen-bond donors (Lipinski definition) is 1. The number of aliphatic hydroxyl groups is 1. The molecule has 2 heterocycles. The van der Waals surface area contributed by atoms with Gasteiger partial charge in [-0.25, -0.2) is 0 Å². The summed E-state index contributed by atoms with van der Waals surface area (Å²) < 4.78 is 36.7. The van der Waals surface area contributed by atoms with Gasteiger partial charge in [-0.05, 0) is 0 Å². The zero-order chi connectivity index (χ0) is 21.9. The maximum atomic E-state index is 12.0. The molecule has 2 saturated heterocycles. The van der Waals surface area contributed by atoms with Crippen LogP contribution in [-0.2, 0) is 33.2 Å². The van der Waals surface area contributed by atoms with Crippen LogP contribution in [0.3, 0.4) is 0 Å². The predicted octanol–water partition coefficient (Wildman–Crippen LogP) is 0.393. The number of esters is 1. The summed E-state index contributed by atoms with van der Waals surface area (Å²) in [4.78, 5) is 12.0. The molecule has 0 saturated carbocycles. The maximum absolute atomic E-state index is 12.0. The van der Waals surface area contributed by atoms with Crippen molar-refractivity contribution in [2.75, 3.05) is 26.7 Å². The first kappa shape index (κ1) is 23.9. The van der Waals surface area contributed by atoms with Gasteiger partial charge in [-0.1, -0.05) is 0 Å². The number of ether oxygens (including phenoxy) is 6. The summed E-state index contributed by atoms with van der Waals surface area (Å²) in [5.74, 6) is -3.51. The van der Waals surface area contributed by atoms with Gasteiger partial charge in [-0.15, -0.1) is 0 Å². The minimum atomic E-state index is -1.30. The average molecular weight is 510 g/mol. The molecule has 1 N–H and O–H groups in total. The summed E-state index contributed by atoms with van der Waals surface area (Å²) in [7, 11) is 2.98. The van der Waals surface area contributed by atoms with Crippen LogP contribution in [0.5, 0.6) is 0 Å². The van der Waals surface area contributed by atoms with E-state index in [-0.39, 0.29) is 27.4 Å². The molecule has 0 aromatic heterocycles. The number of aliphatic hydroxyl groups excluding tert-OH is 1. The summed E-state index contributed by atoms with van der Waals surface area (Å²) >= 11 is 5.45. The number of methoxy groups -OCH3 is 2. The Bertz CT molecular complexity index is 724. The van der Waals surface area contributed by atoms with E-state index in [4.69, 9.17) is 40.0 Å². The molecule has 1 aromatic carbocycles. The molecular formula is C20H27ClO8Se. The van der Waals surface area contributed by atoms with Crippen LogP contribution in [-0.4, -0.2) is 93.7 Å². The van der Waals surface area contributed by atoms with Crippen LogP contribution in [0.1, 0.15) is 13.8 Å². The Morgan fingerprint density at radius 1 is 1.13 bits per heavy atom. The molecule has 0 amide bonds. The molecule has 1 aromatic rings. The van der Waals surface area contributed by atoms with Gasteiger partial charge in [0.15, 0.2) is 0 Å². The number of rotatable bonds is 7. The van der Waals surface area contributed by atoms with E-state index in [0.29, 0.717) is 0 Å². The van der Waals surface area contributed by atoms with Crippen molar-refractivity contribution in [3.63, 3.8) is 0 Å². The Kier molecular flexibility index (Phi) is 7.82. The molecule has 0 spiro atoms. The Morgan fingerprint density at radius 2 is 1.73 bits per heavy atom. The van der Waals surface area contributed by atoms with Crippen molar-refractivity contribution in [3.8, 4) is 0 Å². The molecule has 7 atom stereocenters. The fourth-order valence-corrected chi connectivity index (χ4v) is 5.96. The van der Waals surface area contributed by atoms with Crippen molar-refractivity contribution in [1.29, 1.82) is 0 Å². The SMILES string of the molecule is COC1(C)OC2C([Se]c3ccccc3)OC(CO)C(OC(=O)CCl)C2OC1(C)OC. The van der Waals surface area contributed by atoms with Crippen LogP contribution in [0, 0.1) is 0 Å². The number of carbonyl (C=O) groups is 1. The Balaban J connectivity index is 1.97. The second kappa shape index (κ2) is 9.81. The molecule has 7 unspecified atom stereocenters. The van der Waals surface area contributed by atoms with Gasteiger partial charge in [0, 0.05) is 0 Å². The van der Waals surface area contributed by atoms with Crippen molar-refractivity contribution < 1.29 is 38.3 Å². The van der Waals surface area contributed by atoms with Crippen molar-refractivity contribution >= 4 is 37.0 Å². The van der Waals surface area contributed by atoms with Gasteiger partial charge in [0.2, 0.25) is 0 Å². The Labute approximate surface area is 187 Å². The third-order valence-electron chi connectivity index (χ3n) is 5.47. The standard InChI is InChI=1S/C20H27ClO8Se/c1-19(24-3)20(2,25-4)29-17-16(28-19)15(27-14(23)10-21)13(11-22)26-18(17)30-12-8-6-5-7-9-12/h5-9,13,15-18,22H,10-11H2,1-4H3. The van der Waals surface area contributed by atoms with E-state index < -0.39 is 47.0 Å². The second-order valence-electron chi connectivity index (χ2n) is 7.21. The van der Waals surface area contributed by atoms with E-state index in [2.05, 4.69) is 0 Å². The fourth-order valence-electron chi connectivity index (χ4n) is 3.54. The zero-order valence-electron chi connectivity index (χ0n) is 17.3. The monoisotopic (exact) mass is 510 g/mol. The summed E-state index contributed by atoms with van der Waals surface area (Å²) in [6, 6.07) is 9.85. The number of fused-ring (bicyclic) bond motifs is 1. The first-order valence-electron chi connectivity index (χ1n) is 9.50. The first-order chi connectivity index (χ1) is 14.3. The van der Waals surface area contributed by atoms with E-state index in [0.717, 1.165) is 4.46 Å². The van der Waals surface area contributed by atoms with E-state index in [1.807, 2.05) is 30.3 Å². The van der Waals surface area contributed by atoms with Crippen LogP contribution in [0.4, 0.5) is 0 Å². The van der Waals surface area contributed by atoms with Gasteiger partial charge in [-0.3, -0.25) is 0 Å². The van der Waals surface area contributed by atoms with Gasteiger partial charge in [0.25, 0.3) is 0 Å². The van der Waals surface area contributed by atoms with Crippen molar-refractivity contribution in [2.24, 2.45) is 0 Å². The summed E-state index contributed by atoms with van der Waals surface area (Å²) in [6.45, 7) is 3.05. The molecule has 30 heavy (non-hydrogen) atoms. The molecule has 0 radical (unpaired) electrons. The quantitative estimate of drug-likeness (QED) is 0.321. The minimum absolute atomic E-state index is 0.183. The van der Waals surface area contributed by atoms with E-state index in [1.165, 1.54) is 14.2 Å². The molecule has 10 heteroatoms. The van der Waals surface area contributed by atoms with Crippen LogP contribution in [0.25, 0.3) is 0 Å². The van der Waals surface area contributed by atoms with Crippen LogP contribution >= 0.6 is 11.6 Å². The Hall–Kier alpha value is -0.741. The topological polar surface area (TPSA) is 92.7 Å². The number of alkyl halides is 1. The molecule has 2 aliphatic heterocycles. The van der Waals surface area contributed by atoms with E-state index >= 15 is 0 Å². The molecular weight excluding hydrogens is 483 g/mol. The molecule has 3 rings (SSSR count). The van der Waals surface area contributed by atoms with Gasteiger partial charge in [-0.2, -0.15) is 0 Å². The van der Waals surface area contributed by atoms with E-state index in [1.54, 1.807) is 13.8 Å². The average Bonchev–Trinajstić information content (AvgIpc) is 2.77. The number of benzene rings is 1.